The zero-order valence-corrected chi connectivity index (χ0v) is 9.74. The Balaban J connectivity index is 1.90. The van der Waals surface area contributed by atoms with E-state index in [9.17, 15) is 0 Å². The van der Waals surface area contributed by atoms with Crippen LogP contribution in [0.2, 0.25) is 0 Å². The van der Waals surface area contributed by atoms with Gasteiger partial charge in [0, 0.05) is 12.6 Å². The summed E-state index contributed by atoms with van der Waals surface area (Å²) in [5.74, 6) is 8.02. The van der Waals surface area contributed by atoms with E-state index in [4.69, 9.17) is 10.6 Å². The van der Waals surface area contributed by atoms with E-state index in [0.29, 0.717) is 12.0 Å². The van der Waals surface area contributed by atoms with E-state index in [2.05, 4.69) is 12.3 Å². The molecule has 1 saturated carbocycles. The van der Waals surface area contributed by atoms with Crippen molar-refractivity contribution >= 4 is 0 Å². The van der Waals surface area contributed by atoms with Gasteiger partial charge in [-0.3, -0.25) is 11.3 Å². The number of nitrogens with two attached hydrogens (primary N) is 1. The maximum atomic E-state index is 5.72. The fraction of sp³-hybridized carbons (Fsp3) is 1.00. The predicted octanol–water partition coefficient (Wildman–Crippen LogP) is 1.68. The Morgan fingerprint density at radius 2 is 2.13 bits per heavy atom. The van der Waals surface area contributed by atoms with Gasteiger partial charge in [-0.05, 0) is 43.4 Å². The maximum Gasteiger partial charge on any atom is 0.0509 e. The van der Waals surface area contributed by atoms with E-state index in [1.54, 1.807) is 0 Å². The second-order valence-electron chi connectivity index (χ2n) is 5.35. The summed E-state index contributed by atoms with van der Waals surface area (Å²) in [6.45, 7) is 4.19. The molecule has 3 heteroatoms. The highest BCUT2D eigenvalue weighted by Crippen LogP contribution is 2.36. The van der Waals surface area contributed by atoms with Crippen molar-refractivity contribution in [3.05, 3.63) is 0 Å². The molecule has 3 nitrogen and oxygen atoms in total. The summed E-state index contributed by atoms with van der Waals surface area (Å²) in [6, 6.07) is 0.482. The monoisotopic (exact) mass is 212 g/mol. The minimum Gasteiger partial charge on any atom is -0.381 e. The van der Waals surface area contributed by atoms with Crippen molar-refractivity contribution in [3.8, 4) is 0 Å². The fourth-order valence-corrected chi connectivity index (χ4v) is 3.28. The van der Waals surface area contributed by atoms with Gasteiger partial charge in [-0.2, -0.15) is 0 Å². The second-order valence-corrected chi connectivity index (χ2v) is 5.35. The molecule has 0 amide bonds. The lowest BCUT2D eigenvalue weighted by atomic mass is 9.84. The molecule has 1 saturated heterocycles. The number of hydrogen-bond donors (Lipinski definition) is 2. The van der Waals surface area contributed by atoms with E-state index in [1.807, 2.05) is 0 Å². The Kier molecular flexibility index (Phi) is 4.00. The summed E-state index contributed by atoms with van der Waals surface area (Å²) in [4.78, 5) is 0. The minimum atomic E-state index is 0.482. The zero-order valence-electron chi connectivity index (χ0n) is 9.74. The summed E-state index contributed by atoms with van der Waals surface area (Å²) >= 11 is 0. The van der Waals surface area contributed by atoms with Crippen molar-refractivity contribution in [3.63, 3.8) is 0 Å². The maximum absolute atomic E-state index is 5.72. The van der Waals surface area contributed by atoms with E-state index < -0.39 is 0 Å². The molecular formula is C12H24N2O. The fourth-order valence-electron chi connectivity index (χ4n) is 3.28. The molecule has 1 aliphatic heterocycles. The third-order valence-electron chi connectivity index (χ3n) is 4.14. The molecular weight excluding hydrogens is 188 g/mol. The van der Waals surface area contributed by atoms with Crippen LogP contribution in [-0.2, 0) is 4.74 Å². The number of ether oxygens (including phenoxy) is 1. The van der Waals surface area contributed by atoms with Gasteiger partial charge in [-0.15, -0.1) is 0 Å². The van der Waals surface area contributed by atoms with Crippen LogP contribution in [0.3, 0.4) is 0 Å². The minimum absolute atomic E-state index is 0.482. The molecule has 1 aliphatic carbocycles. The normalized spacial score (nSPS) is 39.2. The van der Waals surface area contributed by atoms with Crippen LogP contribution in [0.4, 0.5) is 0 Å². The summed E-state index contributed by atoms with van der Waals surface area (Å²) in [6.07, 6.45) is 6.53. The van der Waals surface area contributed by atoms with Crippen LogP contribution >= 0.6 is 0 Å². The molecule has 0 spiro atoms. The second kappa shape index (κ2) is 5.28. The number of rotatable bonds is 3. The first-order valence-electron chi connectivity index (χ1n) is 6.35. The number of nitrogens with one attached hydrogen (secondary N) is 1. The first kappa shape index (κ1) is 11.4. The summed E-state index contributed by atoms with van der Waals surface area (Å²) in [7, 11) is 0. The smallest absolute Gasteiger partial charge is 0.0509 e. The largest absolute Gasteiger partial charge is 0.381 e. The predicted molar refractivity (Wildman–Crippen MR) is 61.2 cm³/mol. The molecule has 2 aliphatic rings. The first-order valence-corrected chi connectivity index (χ1v) is 6.35. The number of hydrogen-bond acceptors (Lipinski definition) is 3. The van der Waals surface area contributed by atoms with Crippen molar-refractivity contribution in [2.24, 2.45) is 23.6 Å². The third-order valence-corrected chi connectivity index (χ3v) is 4.14. The van der Waals surface area contributed by atoms with Gasteiger partial charge in [0.2, 0.25) is 0 Å². The molecule has 0 aromatic carbocycles. The summed E-state index contributed by atoms with van der Waals surface area (Å²) in [5.41, 5.74) is 3.05. The molecule has 4 atom stereocenters. The van der Waals surface area contributed by atoms with Crippen LogP contribution in [0.1, 0.15) is 39.0 Å². The average Bonchev–Trinajstić information content (AvgIpc) is 2.68. The van der Waals surface area contributed by atoms with Gasteiger partial charge in [0.1, 0.15) is 0 Å². The topological polar surface area (TPSA) is 47.3 Å². The molecule has 15 heavy (non-hydrogen) atoms. The van der Waals surface area contributed by atoms with Crippen molar-refractivity contribution < 1.29 is 4.74 Å². The Bertz CT molecular complexity index is 187. The standard InChI is InChI=1S/C12H24N2O/c1-9-4-5-10(7-9)12(14-13)11-3-2-6-15-8-11/h9-12,14H,2-8,13H2,1H3. The molecule has 0 radical (unpaired) electrons. The molecule has 3 N–H and O–H groups in total. The van der Waals surface area contributed by atoms with Gasteiger partial charge in [-0.1, -0.05) is 13.3 Å². The molecule has 4 unspecified atom stereocenters. The van der Waals surface area contributed by atoms with Crippen LogP contribution in [0, 0.1) is 17.8 Å². The lowest BCUT2D eigenvalue weighted by molar-refractivity contribution is 0.0287. The van der Waals surface area contributed by atoms with Gasteiger partial charge >= 0.3 is 0 Å². The Labute approximate surface area is 92.7 Å². The summed E-state index contributed by atoms with van der Waals surface area (Å²) < 4.78 is 5.56. The molecule has 0 aromatic heterocycles. The molecule has 88 valence electrons. The Hall–Kier alpha value is -0.120. The van der Waals surface area contributed by atoms with E-state index in [1.165, 1.54) is 32.1 Å². The van der Waals surface area contributed by atoms with Crippen LogP contribution in [0.25, 0.3) is 0 Å². The first-order chi connectivity index (χ1) is 7.31. The van der Waals surface area contributed by atoms with Crippen molar-refractivity contribution in [1.29, 1.82) is 0 Å². The van der Waals surface area contributed by atoms with Gasteiger partial charge in [0.15, 0.2) is 0 Å². The highest BCUT2D eigenvalue weighted by atomic mass is 16.5. The molecule has 0 bridgehead atoms. The van der Waals surface area contributed by atoms with E-state index in [-0.39, 0.29) is 0 Å². The van der Waals surface area contributed by atoms with Crippen molar-refractivity contribution in [2.45, 2.75) is 45.1 Å². The SMILES string of the molecule is CC1CCC(C(NN)C2CCCOC2)C1. The molecule has 1 heterocycles. The summed E-state index contributed by atoms with van der Waals surface area (Å²) in [5, 5.41) is 0. The molecule has 2 fully saturated rings. The molecule has 2 rings (SSSR count). The quantitative estimate of drug-likeness (QED) is 0.553. The van der Waals surface area contributed by atoms with Crippen LogP contribution in [0.15, 0.2) is 0 Å². The highest BCUT2D eigenvalue weighted by molar-refractivity contribution is 4.87. The van der Waals surface area contributed by atoms with Crippen LogP contribution in [-0.4, -0.2) is 19.3 Å². The highest BCUT2D eigenvalue weighted by Gasteiger charge is 2.34. The van der Waals surface area contributed by atoms with E-state index >= 15 is 0 Å². The average molecular weight is 212 g/mol. The van der Waals surface area contributed by atoms with Crippen LogP contribution in [0.5, 0.6) is 0 Å². The molecule has 0 aromatic rings. The van der Waals surface area contributed by atoms with Crippen LogP contribution < -0.4 is 11.3 Å². The van der Waals surface area contributed by atoms with E-state index in [0.717, 1.165) is 25.0 Å². The third kappa shape index (κ3) is 2.71. The van der Waals surface area contributed by atoms with Crippen molar-refractivity contribution in [1.82, 2.24) is 5.43 Å². The van der Waals surface area contributed by atoms with Gasteiger partial charge < -0.3 is 4.74 Å². The van der Waals surface area contributed by atoms with Gasteiger partial charge in [0.25, 0.3) is 0 Å². The Morgan fingerprint density at radius 3 is 2.67 bits per heavy atom. The lowest BCUT2D eigenvalue weighted by Crippen LogP contribution is -2.48. The number of hydrazine groups is 1. The zero-order chi connectivity index (χ0) is 10.7. The Morgan fingerprint density at radius 1 is 1.27 bits per heavy atom. The van der Waals surface area contributed by atoms with Gasteiger partial charge in [0.05, 0.1) is 6.61 Å². The van der Waals surface area contributed by atoms with Gasteiger partial charge in [-0.25, -0.2) is 0 Å². The lowest BCUT2D eigenvalue weighted by Gasteiger charge is -2.33. The van der Waals surface area contributed by atoms with Crippen molar-refractivity contribution in [2.75, 3.05) is 13.2 Å².